The monoisotopic (exact) mass is 167 g/mol. The summed E-state index contributed by atoms with van der Waals surface area (Å²) in [6.07, 6.45) is 4.73. The van der Waals surface area contributed by atoms with Gasteiger partial charge >= 0.3 is 0 Å². The van der Waals surface area contributed by atoms with Gasteiger partial charge in [-0.15, -0.1) is 0 Å². The lowest BCUT2D eigenvalue weighted by Crippen LogP contribution is -2.55. The Hall–Kier alpha value is -0.700. The molecule has 2 aliphatic rings. The standard InChI is InChI=1S/C9H17N3/c1-8(2)12-6-5-11-4-3-10-9(11)7-12/h3-4,8-10H,5-7H2,1-2H3. The molecule has 68 valence electrons. The van der Waals surface area contributed by atoms with E-state index in [2.05, 4.69) is 41.4 Å². The maximum Gasteiger partial charge on any atom is 0.111 e. The van der Waals surface area contributed by atoms with Crippen LogP contribution in [-0.2, 0) is 0 Å². The van der Waals surface area contributed by atoms with Gasteiger partial charge in [-0.2, -0.15) is 0 Å². The second kappa shape index (κ2) is 2.98. The molecule has 1 atom stereocenters. The van der Waals surface area contributed by atoms with Gasteiger partial charge in [0.25, 0.3) is 0 Å². The van der Waals surface area contributed by atoms with Crippen molar-refractivity contribution in [2.75, 3.05) is 19.6 Å². The van der Waals surface area contributed by atoms with E-state index in [9.17, 15) is 0 Å². The third-order valence-electron chi connectivity index (χ3n) is 2.74. The van der Waals surface area contributed by atoms with Gasteiger partial charge in [-0.1, -0.05) is 0 Å². The molecule has 2 aliphatic heterocycles. The van der Waals surface area contributed by atoms with E-state index in [0.29, 0.717) is 12.2 Å². The summed E-state index contributed by atoms with van der Waals surface area (Å²) < 4.78 is 0. The Morgan fingerprint density at radius 3 is 3.00 bits per heavy atom. The summed E-state index contributed by atoms with van der Waals surface area (Å²) in [7, 11) is 0. The average Bonchev–Trinajstić information content (AvgIpc) is 2.49. The largest absolute Gasteiger partial charge is 0.369 e. The van der Waals surface area contributed by atoms with Crippen LogP contribution in [0.15, 0.2) is 12.4 Å². The summed E-state index contributed by atoms with van der Waals surface area (Å²) >= 11 is 0. The summed E-state index contributed by atoms with van der Waals surface area (Å²) in [5.41, 5.74) is 0. The molecule has 0 spiro atoms. The molecule has 2 rings (SSSR count). The lowest BCUT2D eigenvalue weighted by molar-refractivity contribution is 0.0890. The first-order chi connectivity index (χ1) is 5.77. The maximum absolute atomic E-state index is 3.35. The van der Waals surface area contributed by atoms with E-state index >= 15 is 0 Å². The van der Waals surface area contributed by atoms with Crippen molar-refractivity contribution in [3.05, 3.63) is 12.4 Å². The van der Waals surface area contributed by atoms with Crippen LogP contribution in [0.2, 0.25) is 0 Å². The van der Waals surface area contributed by atoms with Crippen molar-refractivity contribution in [2.24, 2.45) is 0 Å². The van der Waals surface area contributed by atoms with E-state index in [1.54, 1.807) is 0 Å². The zero-order chi connectivity index (χ0) is 8.55. The lowest BCUT2D eigenvalue weighted by Gasteiger charge is -2.39. The fraction of sp³-hybridized carbons (Fsp3) is 0.778. The molecule has 0 radical (unpaired) electrons. The van der Waals surface area contributed by atoms with Crippen molar-refractivity contribution >= 4 is 0 Å². The van der Waals surface area contributed by atoms with Crippen molar-refractivity contribution in [2.45, 2.75) is 26.1 Å². The van der Waals surface area contributed by atoms with E-state index in [4.69, 9.17) is 0 Å². The van der Waals surface area contributed by atoms with Crippen molar-refractivity contribution in [3.8, 4) is 0 Å². The molecule has 0 aromatic carbocycles. The maximum atomic E-state index is 3.35. The fourth-order valence-corrected chi connectivity index (χ4v) is 1.86. The highest BCUT2D eigenvalue weighted by molar-refractivity contribution is 4.98. The Morgan fingerprint density at radius 2 is 2.25 bits per heavy atom. The number of fused-ring (bicyclic) bond motifs is 1. The molecule has 2 heterocycles. The minimum Gasteiger partial charge on any atom is -0.369 e. The van der Waals surface area contributed by atoms with Crippen LogP contribution in [0.3, 0.4) is 0 Å². The Labute approximate surface area is 74.0 Å². The number of hydrogen-bond acceptors (Lipinski definition) is 3. The molecule has 1 fully saturated rings. The van der Waals surface area contributed by atoms with Crippen LogP contribution in [-0.4, -0.2) is 41.6 Å². The molecule has 0 bridgehead atoms. The van der Waals surface area contributed by atoms with Gasteiger partial charge in [0, 0.05) is 38.1 Å². The number of rotatable bonds is 1. The van der Waals surface area contributed by atoms with Gasteiger partial charge in [-0.05, 0) is 13.8 Å². The topological polar surface area (TPSA) is 18.5 Å². The lowest BCUT2D eigenvalue weighted by atomic mass is 10.2. The van der Waals surface area contributed by atoms with Gasteiger partial charge in [0.1, 0.15) is 6.17 Å². The third kappa shape index (κ3) is 1.29. The molecule has 0 aliphatic carbocycles. The Kier molecular flexibility index (Phi) is 1.97. The van der Waals surface area contributed by atoms with Crippen LogP contribution in [0.5, 0.6) is 0 Å². The first kappa shape index (κ1) is 7.92. The SMILES string of the molecule is CC(C)N1CCN2C=CNC2C1. The average molecular weight is 167 g/mol. The first-order valence-electron chi connectivity index (χ1n) is 4.70. The molecule has 0 amide bonds. The zero-order valence-corrected chi connectivity index (χ0v) is 7.83. The molecule has 1 N–H and O–H groups in total. The predicted octanol–water partition coefficient (Wildman–Crippen LogP) is 0.413. The van der Waals surface area contributed by atoms with Crippen molar-refractivity contribution in [3.63, 3.8) is 0 Å². The van der Waals surface area contributed by atoms with Crippen molar-refractivity contribution in [1.29, 1.82) is 0 Å². The molecule has 0 saturated carbocycles. The van der Waals surface area contributed by atoms with Crippen LogP contribution < -0.4 is 5.32 Å². The van der Waals surface area contributed by atoms with E-state index < -0.39 is 0 Å². The van der Waals surface area contributed by atoms with Crippen LogP contribution in [0.25, 0.3) is 0 Å². The summed E-state index contributed by atoms with van der Waals surface area (Å²) in [5.74, 6) is 0. The van der Waals surface area contributed by atoms with Crippen LogP contribution >= 0.6 is 0 Å². The minimum absolute atomic E-state index is 0.529. The van der Waals surface area contributed by atoms with Crippen LogP contribution in [0, 0.1) is 0 Å². The summed E-state index contributed by atoms with van der Waals surface area (Å²) in [5, 5.41) is 3.35. The Balaban J connectivity index is 1.94. The van der Waals surface area contributed by atoms with Gasteiger partial charge in [-0.3, -0.25) is 4.90 Å². The van der Waals surface area contributed by atoms with Crippen molar-refractivity contribution in [1.82, 2.24) is 15.1 Å². The Bertz CT molecular complexity index is 188. The molecular weight excluding hydrogens is 150 g/mol. The van der Waals surface area contributed by atoms with E-state index in [0.717, 1.165) is 13.1 Å². The second-order valence-electron chi connectivity index (χ2n) is 3.82. The normalized spacial score (nSPS) is 29.2. The Morgan fingerprint density at radius 1 is 1.42 bits per heavy atom. The first-order valence-corrected chi connectivity index (χ1v) is 4.70. The number of piperazine rings is 1. The highest BCUT2D eigenvalue weighted by Crippen LogP contribution is 2.13. The van der Waals surface area contributed by atoms with Crippen LogP contribution in [0.1, 0.15) is 13.8 Å². The molecule has 3 heteroatoms. The van der Waals surface area contributed by atoms with E-state index in [-0.39, 0.29) is 0 Å². The molecular formula is C9H17N3. The zero-order valence-electron chi connectivity index (χ0n) is 7.83. The quantitative estimate of drug-likeness (QED) is 0.610. The van der Waals surface area contributed by atoms with E-state index in [1.165, 1.54) is 6.54 Å². The van der Waals surface area contributed by atoms with Gasteiger partial charge in [0.15, 0.2) is 0 Å². The molecule has 0 aromatic heterocycles. The summed E-state index contributed by atoms with van der Waals surface area (Å²) in [6.45, 7) is 8.02. The second-order valence-corrected chi connectivity index (χ2v) is 3.82. The van der Waals surface area contributed by atoms with Gasteiger partial charge in [0.2, 0.25) is 0 Å². The van der Waals surface area contributed by atoms with Crippen molar-refractivity contribution < 1.29 is 0 Å². The molecule has 0 aromatic rings. The van der Waals surface area contributed by atoms with E-state index in [1.807, 2.05) is 0 Å². The van der Waals surface area contributed by atoms with Gasteiger partial charge < -0.3 is 10.2 Å². The van der Waals surface area contributed by atoms with Crippen LogP contribution in [0.4, 0.5) is 0 Å². The number of nitrogens with zero attached hydrogens (tertiary/aromatic N) is 2. The molecule has 12 heavy (non-hydrogen) atoms. The van der Waals surface area contributed by atoms with Gasteiger partial charge in [0.05, 0.1) is 0 Å². The van der Waals surface area contributed by atoms with Gasteiger partial charge in [-0.25, -0.2) is 0 Å². The molecule has 1 saturated heterocycles. The fourth-order valence-electron chi connectivity index (χ4n) is 1.86. The third-order valence-corrected chi connectivity index (χ3v) is 2.74. The highest BCUT2D eigenvalue weighted by atomic mass is 15.4. The highest BCUT2D eigenvalue weighted by Gasteiger charge is 2.27. The summed E-state index contributed by atoms with van der Waals surface area (Å²) in [6, 6.07) is 0.676. The molecule has 3 nitrogen and oxygen atoms in total. The number of hydrogen-bond donors (Lipinski definition) is 1. The molecule has 1 unspecified atom stereocenters. The smallest absolute Gasteiger partial charge is 0.111 e. The minimum atomic E-state index is 0.529. The summed E-state index contributed by atoms with van der Waals surface area (Å²) in [4.78, 5) is 4.89. The number of nitrogens with one attached hydrogen (secondary N) is 1. The predicted molar refractivity (Wildman–Crippen MR) is 49.5 cm³/mol.